The van der Waals surface area contributed by atoms with Crippen LogP contribution in [0.2, 0.25) is 0 Å². The molecule has 2 nitrogen and oxygen atoms in total. The van der Waals surface area contributed by atoms with Crippen LogP contribution >= 0.6 is 0 Å². The summed E-state index contributed by atoms with van der Waals surface area (Å²) in [4.78, 5) is 2.40. The Bertz CT molecular complexity index is 2690. The van der Waals surface area contributed by atoms with E-state index in [4.69, 9.17) is 0 Å². The lowest BCUT2D eigenvalue weighted by atomic mass is 9.43. The van der Waals surface area contributed by atoms with Gasteiger partial charge in [0.15, 0.2) is 0 Å². The van der Waals surface area contributed by atoms with Crippen LogP contribution in [0, 0.1) is 23.7 Å². The number of rotatable bonds is 5. The van der Waals surface area contributed by atoms with Crippen molar-refractivity contribution in [1.82, 2.24) is 4.57 Å². The Labute approximate surface area is 317 Å². The van der Waals surface area contributed by atoms with Crippen LogP contribution < -0.4 is 4.90 Å². The third-order valence-corrected chi connectivity index (χ3v) is 14.0. The van der Waals surface area contributed by atoms with Crippen LogP contribution in [-0.4, -0.2) is 4.57 Å². The lowest BCUT2D eigenvalue weighted by molar-refractivity contribution is -0.0399. The molecule has 0 aliphatic heterocycles. The van der Waals surface area contributed by atoms with Gasteiger partial charge in [-0.15, -0.1) is 0 Å². The normalized spacial score (nSPS) is 23.3. The smallest absolute Gasteiger partial charge is 0.0542 e. The maximum absolute atomic E-state index is 2.54. The number of nitrogens with zero attached hydrogens (tertiary/aromatic N) is 2. The molecule has 8 aromatic rings. The van der Waals surface area contributed by atoms with Gasteiger partial charge in [-0.2, -0.15) is 0 Å². The van der Waals surface area contributed by atoms with Crippen LogP contribution in [0.15, 0.2) is 170 Å². The Kier molecular flexibility index (Phi) is 6.55. The lowest BCUT2D eigenvalue weighted by Crippen LogP contribution is -2.55. The molecule has 0 atom stereocenters. The molecule has 0 saturated heterocycles. The van der Waals surface area contributed by atoms with Gasteiger partial charge in [0.05, 0.1) is 11.0 Å². The quantitative estimate of drug-likeness (QED) is 0.174. The highest BCUT2D eigenvalue weighted by Gasteiger charge is 2.61. The summed E-state index contributed by atoms with van der Waals surface area (Å²) in [5, 5.41) is 2.51. The van der Waals surface area contributed by atoms with Gasteiger partial charge in [-0.1, -0.05) is 103 Å². The molecule has 1 heterocycles. The van der Waals surface area contributed by atoms with Crippen molar-refractivity contribution in [3.8, 4) is 27.9 Å². The van der Waals surface area contributed by atoms with E-state index >= 15 is 0 Å². The summed E-state index contributed by atoms with van der Waals surface area (Å²) in [5.74, 6) is 3.50. The standard InChI is InChI=1S/C52H42N2/c1-3-11-40(12-4-1)53(43-24-26-51-47(33-43)45-16-8-10-18-50(45)54(51)41-13-5-2-6-14-41)42-22-19-36(20-23-42)37-21-25-49-46(32-37)44-15-7-9-17-48(44)52(49)38-28-34-27-35(30-38)31-39(52)29-34/h1-26,32-35,38-39H,27-31H2. The highest BCUT2D eigenvalue weighted by molar-refractivity contribution is 6.10. The van der Waals surface area contributed by atoms with Crippen molar-refractivity contribution in [1.29, 1.82) is 0 Å². The summed E-state index contributed by atoms with van der Waals surface area (Å²) in [7, 11) is 0. The number of aromatic nitrogens is 1. The summed E-state index contributed by atoms with van der Waals surface area (Å²) in [5.41, 5.74) is 16.0. The maximum atomic E-state index is 2.54. The van der Waals surface area contributed by atoms with Gasteiger partial charge >= 0.3 is 0 Å². The van der Waals surface area contributed by atoms with E-state index in [1.165, 1.54) is 81.9 Å². The van der Waals surface area contributed by atoms with E-state index < -0.39 is 0 Å². The number of anilines is 3. The Morgan fingerprint density at radius 2 is 1.02 bits per heavy atom. The Morgan fingerprint density at radius 3 is 1.80 bits per heavy atom. The first-order chi connectivity index (χ1) is 26.7. The summed E-state index contributed by atoms with van der Waals surface area (Å²) in [6, 6.07) is 63.4. The minimum atomic E-state index is 0.215. The van der Waals surface area contributed by atoms with Crippen molar-refractivity contribution < 1.29 is 0 Å². The number of benzene rings is 7. The summed E-state index contributed by atoms with van der Waals surface area (Å²) in [6.45, 7) is 0. The molecule has 4 fully saturated rings. The molecule has 7 aromatic carbocycles. The molecule has 1 spiro atoms. The zero-order chi connectivity index (χ0) is 35.4. The summed E-state index contributed by atoms with van der Waals surface area (Å²) < 4.78 is 2.38. The van der Waals surface area contributed by atoms with E-state index in [1.54, 1.807) is 11.1 Å². The van der Waals surface area contributed by atoms with Crippen LogP contribution in [0.25, 0.3) is 49.7 Å². The van der Waals surface area contributed by atoms with Gasteiger partial charge in [0, 0.05) is 38.9 Å². The van der Waals surface area contributed by atoms with E-state index in [0.29, 0.717) is 0 Å². The first-order valence-electron chi connectivity index (χ1n) is 20.0. The van der Waals surface area contributed by atoms with Gasteiger partial charge in [0.25, 0.3) is 0 Å². The van der Waals surface area contributed by atoms with Crippen LogP contribution in [-0.2, 0) is 5.41 Å². The van der Waals surface area contributed by atoms with Gasteiger partial charge in [-0.25, -0.2) is 0 Å². The fourth-order valence-corrected chi connectivity index (χ4v) is 12.1. The van der Waals surface area contributed by atoms with E-state index in [2.05, 4.69) is 179 Å². The van der Waals surface area contributed by atoms with Crippen LogP contribution in [0.5, 0.6) is 0 Å². The Balaban J connectivity index is 0.950. The van der Waals surface area contributed by atoms with Gasteiger partial charge in [-0.05, 0) is 156 Å². The zero-order valence-corrected chi connectivity index (χ0v) is 30.4. The number of fused-ring (bicyclic) bond motifs is 6. The molecule has 260 valence electrons. The summed E-state index contributed by atoms with van der Waals surface area (Å²) >= 11 is 0. The molecule has 4 bridgehead atoms. The molecule has 0 radical (unpaired) electrons. The minimum Gasteiger partial charge on any atom is -0.310 e. The number of hydrogen-bond acceptors (Lipinski definition) is 1. The molecule has 4 saturated carbocycles. The highest BCUT2D eigenvalue weighted by Crippen LogP contribution is 2.69. The monoisotopic (exact) mass is 694 g/mol. The summed E-state index contributed by atoms with van der Waals surface area (Å²) in [6.07, 6.45) is 7.17. The molecule has 0 amide bonds. The zero-order valence-electron chi connectivity index (χ0n) is 30.4. The SMILES string of the molecule is c1ccc(N(c2ccc(-c3ccc4c(c3)-c3ccccc3C43C4CC5CC(C4)CC3C5)cc2)c2ccc3c(c2)c2ccccc2n3-c2ccccc2)cc1. The van der Waals surface area contributed by atoms with Crippen LogP contribution in [0.3, 0.4) is 0 Å². The van der Waals surface area contributed by atoms with E-state index in [-0.39, 0.29) is 5.41 Å². The topological polar surface area (TPSA) is 8.17 Å². The highest BCUT2D eigenvalue weighted by atomic mass is 15.1. The van der Waals surface area contributed by atoms with E-state index in [1.807, 2.05) is 0 Å². The third-order valence-electron chi connectivity index (χ3n) is 14.0. The van der Waals surface area contributed by atoms with Crippen molar-refractivity contribution in [2.45, 2.75) is 37.5 Å². The lowest BCUT2D eigenvalue weighted by Gasteiger charge is -2.61. The van der Waals surface area contributed by atoms with E-state index in [9.17, 15) is 0 Å². The average Bonchev–Trinajstić information content (AvgIpc) is 3.71. The predicted molar refractivity (Wildman–Crippen MR) is 224 cm³/mol. The molecule has 13 rings (SSSR count). The fourth-order valence-electron chi connectivity index (χ4n) is 12.1. The molecule has 1 aromatic heterocycles. The van der Waals surface area contributed by atoms with Crippen LogP contribution in [0.1, 0.15) is 43.2 Å². The van der Waals surface area contributed by atoms with E-state index in [0.717, 1.165) is 40.7 Å². The largest absolute Gasteiger partial charge is 0.310 e. The fraction of sp³-hybridized carbons (Fsp3) is 0.192. The third kappa shape index (κ3) is 4.28. The van der Waals surface area contributed by atoms with Crippen molar-refractivity contribution in [2.24, 2.45) is 23.7 Å². The number of hydrogen-bond donors (Lipinski definition) is 0. The van der Waals surface area contributed by atoms with Gasteiger partial charge in [0.2, 0.25) is 0 Å². The molecule has 0 N–H and O–H groups in total. The van der Waals surface area contributed by atoms with Crippen molar-refractivity contribution in [2.75, 3.05) is 4.90 Å². The first kappa shape index (κ1) is 30.6. The minimum absolute atomic E-state index is 0.215. The molecular weight excluding hydrogens is 653 g/mol. The molecule has 0 unspecified atom stereocenters. The Morgan fingerprint density at radius 1 is 0.426 bits per heavy atom. The number of para-hydroxylation sites is 3. The molecule has 5 aliphatic carbocycles. The average molecular weight is 695 g/mol. The molecule has 54 heavy (non-hydrogen) atoms. The maximum Gasteiger partial charge on any atom is 0.0542 e. The molecule has 5 aliphatic rings. The van der Waals surface area contributed by atoms with Crippen molar-refractivity contribution in [3.05, 3.63) is 181 Å². The second-order valence-electron chi connectivity index (χ2n) is 16.6. The van der Waals surface area contributed by atoms with Crippen molar-refractivity contribution >= 4 is 38.9 Å². The second kappa shape index (κ2) is 11.6. The van der Waals surface area contributed by atoms with Gasteiger partial charge in [-0.3, -0.25) is 0 Å². The molecular formula is C52H42N2. The molecule has 2 heteroatoms. The Hall–Kier alpha value is -5.86. The van der Waals surface area contributed by atoms with Crippen LogP contribution in [0.4, 0.5) is 17.1 Å². The first-order valence-corrected chi connectivity index (χ1v) is 20.0. The van der Waals surface area contributed by atoms with Crippen molar-refractivity contribution in [3.63, 3.8) is 0 Å². The second-order valence-corrected chi connectivity index (χ2v) is 16.6. The van der Waals surface area contributed by atoms with Gasteiger partial charge < -0.3 is 9.47 Å². The predicted octanol–water partition coefficient (Wildman–Crippen LogP) is 13.6. The van der Waals surface area contributed by atoms with Gasteiger partial charge in [0.1, 0.15) is 0 Å².